The zero-order chi connectivity index (χ0) is 22.1. The van der Waals surface area contributed by atoms with E-state index in [2.05, 4.69) is 5.32 Å². The zero-order valence-corrected chi connectivity index (χ0v) is 17.6. The fourth-order valence-electron chi connectivity index (χ4n) is 2.86. The molecule has 1 amide bonds. The largest absolute Gasteiger partial charge is 0.351 e. The second-order valence-electron chi connectivity index (χ2n) is 6.92. The molecule has 0 bridgehead atoms. The molecular formula is C24H23FN2O3S. The van der Waals surface area contributed by atoms with Gasteiger partial charge in [0.2, 0.25) is 15.9 Å². The molecule has 0 saturated carbocycles. The zero-order valence-electron chi connectivity index (χ0n) is 16.8. The van der Waals surface area contributed by atoms with Crippen molar-refractivity contribution in [3.63, 3.8) is 0 Å². The Balaban J connectivity index is 1.72. The van der Waals surface area contributed by atoms with Crippen LogP contribution in [-0.4, -0.2) is 25.2 Å². The first-order chi connectivity index (χ1) is 14.9. The number of benzene rings is 3. The smallest absolute Gasteiger partial charge is 0.237 e. The van der Waals surface area contributed by atoms with Crippen molar-refractivity contribution >= 4 is 22.0 Å². The quantitative estimate of drug-likeness (QED) is 0.550. The van der Waals surface area contributed by atoms with Gasteiger partial charge in [0.1, 0.15) is 5.82 Å². The summed E-state index contributed by atoms with van der Waals surface area (Å²) in [6.07, 6.45) is 1.50. The normalized spacial score (nSPS) is 11.7. The molecule has 3 aromatic rings. The van der Waals surface area contributed by atoms with E-state index in [-0.39, 0.29) is 25.5 Å². The third-order valence-corrected chi connectivity index (χ3v) is 5.97. The SMILES string of the molecule is O=C(CN(Cc1ccccc1)S(=O)(=O)/C=C/c1ccccc1)NCc1ccc(F)cc1. The molecule has 0 atom stereocenters. The van der Waals surface area contributed by atoms with Crippen LogP contribution >= 0.6 is 0 Å². The van der Waals surface area contributed by atoms with Crippen LogP contribution in [0.15, 0.2) is 90.3 Å². The van der Waals surface area contributed by atoms with Crippen molar-refractivity contribution in [1.82, 2.24) is 9.62 Å². The predicted molar refractivity (Wildman–Crippen MR) is 119 cm³/mol. The molecule has 0 aliphatic heterocycles. The number of carbonyl (C=O) groups is 1. The molecule has 7 heteroatoms. The lowest BCUT2D eigenvalue weighted by atomic mass is 10.2. The van der Waals surface area contributed by atoms with Crippen LogP contribution in [-0.2, 0) is 27.9 Å². The van der Waals surface area contributed by atoms with E-state index in [0.717, 1.165) is 26.4 Å². The fourth-order valence-corrected chi connectivity index (χ4v) is 3.98. The number of hydrogen-bond acceptors (Lipinski definition) is 3. The predicted octanol–water partition coefficient (Wildman–Crippen LogP) is 3.94. The summed E-state index contributed by atoms with van der Waals surface area (Å²) < 4.78 is 40.1. The Morgan fingerprint density at radius 3 is 2.13 bits per heavy atom. The first kappa shape index (κ1) is 22.4. The standard InChI is InChI=1S/C24H23FN2O3S/c25-23-13-11-21(12-14-23)17-26-24(28)19-27(18-22-9-5-2-6-10-22)31(29,30)16-15-20-7-3-1-4-8-20/h1-16H,17-19H2,(H,26,28)/b16-15+. The van der Waals surface area contributed by atoms with Gasteiger partial charge in [-0.3, -0.25) is 4.79 Å². The lowest BCUT2D eigenvalue weighted by Crippen LogP contribution is -2.39. The van der Waals surface area contributed by atoms with E-state index in [1.54, 1.807) is 36.4 Å². The molecule has 0 aliphatic carbocycles. The third kappa shape index (κ3) is 7.16. The van der Waals surface area contributed by atoms with E-state index in [1.165, 1.54) is 18.2 Å². The van der Waals surface area contributed by atoms with E-state index in [4.69, 9.17) is 0 Å². The van der Waals surface area contributed by atoms with E-state index < -0.39 is 15.9 Å². The number of nitrogens with zero attached hydrogens (tertiary/aromatic N) is 1. The fraction of sp³-hybridized carbons (Fsp3) is 0.125. The van der Waals surface area contributed by atoms with Gasteiger partial charge in [0.15, 0.2) is 0 Å². The molecule has 1 N–H and O–H groups in total. The number of rotatable bonds is 9. The van der Waals surface area contributed by atoms with E-state index in [0.29, 0.717) is 0 Å². The first-order valence-corrected chi connectivity index (χ1v) is 11.2. The van der Waals surface area contributed by atoms with Crippen molar-refractivity contribution in [2.45, 2.75) is 13.1 Å². The van der Waals surface area contributed by atoms with Gasteiger partial charge in [0.25, 0.3) is 0 Å². The second-order valence-corrected chi connectivity index (χ2v) is 8.73. The minimum atomic E-state index is -3.86. The Bertz CT molecular complexity index is 1120. The van der Waals surface area contributed by atoms with Crippen LogP contribution in [0.2, 0.25) is 0 Å². The van der Waals surface area contributed by atoms with Gasteiger partial charge in [-0.1, -0.05) is 72.8 Å². The molecule has 0 heterocycles. The maximum Gasteiger partial charge on any atom is 0.237 e. The van der Waals surface area contributed by atoms with Crippen LogP contribution in [0.1, 0.15) is 16.7 Å². The van der Waals surface area contributed by atoms with Crippen molar-refractivity contribution < 1.29 is 17.6 Å². The van der Waals surface area contributed by atoms with E-state index in [1.807, 2.05) is 36.4 Å². The Kier molecular flexibility index (Phi) is 7.70. The van der Waals surface area contributed by atoms with Gasteiger partial charge >= 0.3 is 0 Å². The summed E-state index contributed by atoms with van der Waals surface area (Å²) in [4.78, 5) is 12.5. The minimum absolute atomic E-state index is 0.0618. The van der Waals surface area contributed by atoms with Crippen LogP contribution in [0.4, 0.5) is 4.39 Å². The second kappa shape index (κ2) is 10.7. The molecule has 5 nitrogen and oxygen atoms in total. The molecule has 0 unspecified atom stereocenters. The van der Waals surface area contributed by atoms with Gasteiger partial charge in [-0.05, 0) is 34.9 Å². The average molecular weight is 439 g/mol. The Morgan fingerprint density at radius 2 is 1.48 bits per heavy atom. The number of nitrogens with one attached hydrogen (secondary N) is 1. The van der Waals surface area contributed by atoms with Gasteiger partial charge in [-0.15, -0.1) is 0 Å². The maximum absolute atomic E-state index is 13.0. The van der Waals surface area contributed by atoms with E-state index in [9.17, 15) is 17.6 Å². The summed E-state index contributed by atoms with van der Waals surface area (Å²) in [5.74, 6) is -0.808. The lowest BCUT2D eigenvalue weighted by molar-refractivity contribution is -0.121. The molecule has 160 valence electrons. The Morgan fingerprint density at radius 1 is 0.871 bits per heavy atom. The number of amides is 1. The van der Waals surface area contributed by atoms with Crippen LogP contribution in [0, 0.1) is 5.82 Å². The summed E-state index contributed by atoms with van der Waals surface area (Å²) in [6.45, 7) is -0.0952. The van der Waals surface area contributed by atoms with Crippen molar-refractivity contribution in [3.8, 4) is 0 Å². The number of hydrogen-bond donors (Lipinski definition) is 1. The summed E-state index contributed by atoms with van der Waals surface area (Å²) in [7, 11) is -3.86. The van der Waals surface area contributed by atoms with Crippen molar-refractivity contribution in [2.24, 2.45) is 0 Å². The molecule has 3 aromatic carbocycles. The first-order valence-electron chi connectivity index (χ1n) is 9.71. The highest BCUT2D eigenvalue weighted by atomic mass is 32.2. The van der Waals surface area contributed by atoms with Crippen LogP contribution < -0.4 is 5.32 Å². The van der Waals surface area contributed by atoms with Gasteiger partial charge in [0, 0.05) is 18.5 Å². The average Bonchev–Trinajstić information content (AvgIpc) is 2.78. The summed E-state index contributed by atoms with van der Waals surface area (Å²) in [5, 5.41) is 3.80. The highest BCUT2D eigenvalue weighted by Crippen LogP contribution is 2.13. The van der Waals surface area contributed by atoms with Gasteiger partial charge < -0.3 is 5.32 Å². The molecule has 3 rings (SSSR count). The van der Waals surface area contributed by atoms with Crippen LogP contribution in [0.3, 0.4) is 0 Å². The summed E-state index contributed by atoms with van der Waals surface area (Å²) >= 11 is 0. The van der Waals surface area contributed by atoms with Crippen molar-refractivity contribution in [1.29, 1.82) is 0 Å². The molecule has 0 spiro atoms. The number of halogens is 1. The Labute approximate surface area is 181 Å². The number of carbonyl (C=O) groups excluding carboxylic acids is 1. The monoisotopic (exact) mass is 438 g/mol. The molecule has 0 radical (unpaired) electrons. The van der Waals surface area contributed by atoms with E-state index >= 15 is 0 Å². The molecule has 0 fully saturated rings. The van der Waals surface area contributed by atoms with Gasteiger partial charge in [-0.2, -0.15) is 4.31 Å². The van der Waals surface area contributed by atoms with Gasteiger partial charge in [-0.25, -0.2) is 12.8 Å². The Hall–Kier alpha value is -3.29. The van der Waals surface area contributed by atoms with Gasteiger partial charge in [0.05, 0.1) is 6.54 Å². The highest BCUT2D eigenvalue weighted by molar-refractivity contribution is 7.92. The lowest BCUT2D eigenvalue weighted by Gasteiger charge is -2.20. The summed E-state index contributed by atoms with van der Waals surface area (Å²) in [6, 6.07) is 23.9. The minimum Gasteiger partial charge on any atom is -0.351 e. The van der Waals surface area contributed by atoms with Crippen molar-refractivity contribution in [3.05, 3.63) is 113 Å². The molecular weight excluding hydrogens is 415 g/mol. The maximum atomic E-state index is 13.0. The molecule has 0 saturated heterocycles. The molecule has 31 heavy (non-hydrogen) atoms. The number of sulfonamides is 1. The summed E-state index contributed by atoms with van der Waals surface area (Å²) in [5.41, 5.74) is 2.23. The highest BCUT2D eigenvalue weighted by Gasteiger charge is 2.22. The third-order valence-electron chi connectivity index (χ3n) is 4.52. The molecule has 0 aromatic heterocycles. The van der Waals surface area contributed by atoms with Crippen LogP contribution in [0.5, 0.6) is 0 Å². The van der Waals surface area contributed by atoms with Crippen molar-refractivity contribution in [2.75, 3.05) is 6.54 Å². The van der Waals surface area contributed by atoms with Crippen LogP contribution in [0.25, 0.3) is 6.08 Å². The molecule has 0 aliphatic rings. The topological polar surface area (TPSA) is 66.5 Å².